The molecule has 3 aromatic rings. The third kappa shape index (κ3) is 4.37. The monoisotopic (exact) mass is 470 g/mol. The highest BCUT2D eigenvalue weighted by Gasteiger charge is 2.50. The van der Waals surface area contributed by atoms with Gasteiger partial charge in [0.05, 0.1) is 30.2 Å². The molecule has 2 heterocycles. The zero-order valence-corrected chi connectivity index (χ0v) is 20.1. The number of anilines is 2. The van der Waals surface area contributed by atoms with E-state index in [4.69, 9.17) is 0 Å². The Labute approximate surface area is 205 Å². The van der Waals surface area contributed by atoms with E-state index >= 15 is 0 Å². The van der Waals surface area contributed by atoms with Crippen molar-refractivity contribution in [3.05, 3.63) is 84.2 Å². The van der Waals surface area contributed by atoms with Crippen molar-refractivity contribution in [2.45, 2.75) is 36.8 Å². The van der Waals surface area contributed by atoms with Gasteiger partial charge < -0.3 is 5.32 Å². The Balaban J connectivity index is 1.27. The van der Waals surface area contributed by atoms with Crippen LogP contribution in [0.3, 0.4) is 0 Å². The first-order valence-corrected chi connectivity index (χ1v) is 11.9. The predicted molar refractivity (Wildman–Crippen MR) is 135 cm³/mol. The second-order valence-corrected chi connectivity index (χ2v) is 9.67. The van der Waals surface area contributed by atoms with Gasteiger partial charge in [0, 0.05) is 11.1 Å². The lowest BCUT2D eigenvalue weighted by molar-refractivity contribution is 0.0658. The Bertz CT molecular complexity index is 1190. The van der Waals surface area contributed by atoms with Gasteiger partial charge in [0.15, 0.2) is 0 Å². The summed E-state index contributed by atoms with van der Waals surface area (Å²) in [6.45, 7) is 0.573. The van der Waals surface area contributed by atoms with Crippen molar-refractivity contribution in [2.24, 2.45) is 0 Å². The van der Waals surface area contributed by atoms with E-state index in [0.29, 0.717) is 17.8 Å². The van der Waals surface area contributed by atoms with Gasteiger partial charge in [-0.2, -0.15) is 0 Å². The first-order chi connectivity index (χ1) is 16.9. The van der Waals surface area contributed by atoms with Gasteiger partial charge in [0.2, 0.25) is 5.95 Å². The molecule has 0 atom stereocenters. The lowest BCUT2D eigenvalue weighted by atomic mass is 9.69. The highest BCUT2D eigenvalue weighted by molar-refractivity contribution is 6.03. The van der Waals surface area contributed by atoms with Gasteiger partial charge in [-0.25, -0.2) is 14.8 Å². The van der Waals surface area contributed by atoms with Crippen molar-refractivity contribution in [1.29, 1.82) is 0 Å². The molecule has 1 saturated heterocycles. The number of benzene rings is 2. The molecule has 180 valence electrons. The van der Waals surface area contributed by atoms with Crippen molar-refractivity contribution in [3.63, 3.8) is 0 Å². The maximum atomic E-state index is 12.9. The minimum atomic E-state index is -0.277. The van der Waals surface area contributed by atoms with Crippen LogP contribution in [-0.2, 0) is 5.54 Å². The number of urea groups is 1. The molecule has 1 spiro atoms. The molecule has 1 aromatic heterocycles. The van der Waals surface area contributed by atoms with E-state index in [1.54, 1.807) is 41.6 Å². The zero-order chi connectivity index (χ0) is 24.5. The van der Waals surface area contributed by atoms with Crippen LogP contribution >= 0.6 is 0 Å². The number of hydrogen-bond donors (Lipinski definition) is 2. The maximum absolute atomic E-state index is 12.9. The molecule has 5 rings (SSSR count). The second-order valence-electron chi connectivity index (χ2n) is 9.67. The molecule has 35 heavy (non-hydrogen) atoms. The number of rotatable bonds is 5. The smallest absolute Gasteiger partial charge is 0.322 e. The summed E-state index contributed by atoms with van der Waals surface area (Å²) in [5.74, 6) is -0.0746. The van der Waals surface area contributed by atoms with E-state index in [9.17, 15) is 9.59 Å². The molecule has 0 unspecified atom stereocenters. The summed E-state index contributed by atoms with van der Waals surface area (Å²) in [5.41, 5.74) is 2.16. The third-order valence-electron chi connectivity index (χ3n) is 7.49. The number of carbonyl (C=O) groups excluding carboxylic acids is 2. The van der Waals surface area contributed by atoms with Crippen LogP contribution in [0.15, 0.2) is 73.1 Å². The lowest BCUT2D eigenvalue weighted by Crippen LogP contribution is -2.54. The van der Waals surface area contributed by atoms with Gasteiger partial charge in [0.25, 0.3) is 5.91 Å². The normalized spacial score (nSPS) is 24.0. The number of aromatic nitrogens is 2. The summed E-state index contributed by atoms with van der Waals surface area (Å²) in [6, 6.07) is 19.4. The zero-order valence-electron chi connectivity index (χ0n) is 20.1. The molecule has 8 heteroatoms. The molecule has 8 nitrogen and oxygen atoms in total. The number of nitrogens with zero attached hydrogens (tertiary/aromatic N) is 4. The molecular weight excluding hydrogens is 440 g/mol. The molecule has 2 aliphatic rings. The number of carbonyl (C=O) groups is 2. The lowest BCUT2D eigenvalue weighted by Gasteiger charge is -2.48. The van der Waals surface area contributed by atoms with E-state index in [1.165, 1.54) is 5.56 Å². The Hall–Kier alpha value is -3.78. The fourth-order valence-corrected chi connectivity index (χ4v) is 5.37. The first-order valence-electron chi connectivity index (χ1n) is 11.9. The quantitative estimate of drug-likeness (QED) is 0.588. The minimum Gasteiger partial charge on any atom is -0.330 e. The Kier molecular flexibility index (Phi) is 5.98. The Morgan fingerprint density at radius 1 is 0.943 bits per heavy atom. The molecule has 2 N–H and O–H groups in total. The largest absolute Gasteiger partial charge is 0.330 e. The fourth-order valence-electron chi connectivity index (χ4n) is 5.37. The summed E-state index contributed by atoms with van der Waals surface area (Å²) in [7, 11) is 4.28. The van der Waals surface area contributed by atoms with E-state index < -0.39 is 0 Å². The first kappa shape index (κ1) is 23.0. The van der Waals surface area contributed by atoms with Crippen LogP contribution in [-0.4, -0.2) is 53.0 Å². The van der Waals surface area contributed by atoms with Crippen LogP contribution in [0.2, 0.25) is 0 Å². The van der Waals surface area contributed by atoms with Crippen LogP contribution in [0.1, 0.15) is 41.6 Å². The predicted octanol–water partition coefficient (Wildman–Crippen LogP) is 4.03. The summed E-state index contributed by atoms with van der Waals surface area (Å²) in [4.78, 5) is 37.8. The summed E-state index contributed by atoms with van der Waals surface area (Å²) in [5, 5.41) is 5.95. The van der Waals surface area contributed by atoms with E-state index in [0.717, 1.165) is 25.7 Å². The topological polar surface area (TPSA) is 90.5 Å². The van der Waals surface area contributed by atoms with Gasteiger partial charge >= 0.3 is 6.03 Å². The van der Waals surface area contributed by atoms with Crippen LogP contribution in [0.25, 0.3) is 0 Å². The standard InChI is InChI=1S/C27H30N6O2/c1-32(2)27(21-11-7-4-8-12-21)15-13-26(14-16-27)19-33(25(35)31-26)22-17-28-24(29-18-22)30-23(34)20-9-5-3-6-10-20/h3-12,17-18H,13-16,19H2,1-2H3,(H,31,35)(H,28,29,30,34)/t26-,27+. The van der Waals surface area contributed by atoms with Crippen LogP contribution in [0.5, 0.6) is 0 Å². The molecule has 1 aliphatic heterocycles. The highest BCUT2D eigenvalue weighted by atomic mass is 16.2. The number of hydrogen-bond acceptors (Lipinski definition) is 5. The maximum Gasteiger partial charge on any atom is 0.322 e. The summed E-state index contributed by atoms with van der Waals surface area (Å²) in [6.07, 6.45) is 6.85. The molecular formula is C27H30N6O2. The Morgan fingerprint density at radius 2 is 1.54 bits per heavy atom. The average molecular weight is 471 g/mol. The van der Waals surface area contributed by atoms with E-state index in [2.05, 4.69) is 63.9 Å². The molecule has 3 amide bonds. The third-order valence-corrected chi connectivity index (χ3v) is 7.49. The molecule has 1 saturated carbocycles. The van der Waals surface area contributed by atoms with Gasteiger partial charge in [0.1, 0.15) is 0 Å². The number of amides is 3. The molecule has 0 radical (unpaired) electrons. The summed E-state index contributed by atoms with van der Waals surface area (Å²) < 4.78 is 0. The molecule has 2 aromatic carbocycles. The van der Waals surface area contributed by atoms with Crippen molar-refractivity contribution < 1.29 is 9.59 Å². The minimum absolute atomic E-state index is 0.0353. The average Bonchev–Trinajstić information content (AvgIpc) is 3.21. The van der Waals surface area contributed by atoms with Crippen LogP contribution in [0, 0.1) is 0 Å². The van der Waals surface area contributed by atoms with Gasteiger partial charge in [-0.15, -0.1) is 0 Å². The summed E-state index contributed by atoms with van der Waals surface area (Å²) >= 11 is 0. The second kappa shape index (κ2) is 9.11. The van der Waals surface area contributed by atoms with Crippen LogP contribution in [0.4, 0.5) is 16.4 Å². The van der Waals surface area contributed by atoms with Crippen molar-refractivity contribution in [3.8, 4) is 0 Å². The van der Waals surface area contributed by atoms with Gasteiger partial charge in [-0.3, -0.25) is 19.9 Å². The molecule has 2 fully saturated rings. The SMILES string of the molecule is CN(C)[C@]1(c2ccccc2)CC[C@]2(CC1)CN(c1cnc(NC(=O)c3ccccc3)nc1)C(=O)N2. The van der Waals surface area contributed by atoms with E-state index in [-0.39, 0.29) is 29.0 Å². The van der Waals surface area contributed by atoms with Crippen molar-refractivity contribution >= 4 is 23.6 Å². The Morgan fingerprint density at radius 3 is 2.14 bits per heavy atom. The van der Waals surface area contributed by atoms with Crippen molar-refractivity contribution in [2.75, 3.05) is 30.9 Å². The number of nitrogens with one attached hydrogen (secondary N) is 2. The van der Waals surface area contributed by atoms with Crippen LogP contribution < -0.4 is 15.5 Å². The van der Waals surface area contributed by atoms with Crippen molar-refractivity contribution in [1.82, 2.24) is 20.2 Å². The molecule has 1 aliphatic carbocycles. The van der Waals surface area contributed by atoms with Gasteiger partial charge in [-0.1, -0.05) is 48.5 Å². The highest BCUT2D eigenvalue weighted by Crippen LogP contribution is 2.46. The van der Waals surface area contributed by atoms with Gasteiger partial charge in [-0.05, 0) is 57.5 Å². The molecule has 0 bridgehead atoms. The fraction of sp³-hybridized carbons (Fsp3) is 0.333. The van der Waals surface area contributed by atoms with E-state index in [1.807, 2.05) is 12.1 Å².